The van der Waals surface area contributed by atoms with Crippen LogP contribution in [0.2, 0.25) is 0 Å². The van der Waals surface area contributed by atoms with E-state index in [1.807, 2.05) is 0 Å². The Morgan fingerprint density at radius 1 is 1.04 bits per heavy atom. The minimum atomic E-state index is 0.0887. The highest BCUT2D eigenvalue weighted by molar-refractivity contribution is 5.75. The van der Waals surface area contributed by atoms with Crippen molar-refractivity contribution in [2.24, 2.45) is 29.6 Å². The fourth-order valence-electron chi connectivity index (χ4n) is 6.04. The molecule has 2 aliphatic carbocycles. The Hall–Kier alpha value is -0.830. The quantitative estimate of drug-likeness (QED) is 0.565. The summed E-state index contributed by atoms with van der Waals surface area (Å²) in [5, 5.41) is 0. The standard InChI is InChI=1S/C21H33NO2/c1-14-6-5-8-16(22(14)2)10-11-18-17-9-4-3-7-15(17)12-19-20(18)13-24-21(19)23/h10-11,14-20H,3-9,12-13H2,1-2H3/b11-10+. The zero-order valence-electron chi connectivity index (χ0n) is 15.3. The molecule has 0 amide bonds. The molecule has 4 aliphatic rings. The van der Waals surface area contributed by atoms with Crippen LogP contribution in [0.5, 0.6) is 0 Å². The van der Waals surface area contributed by atoms with Crippen LogP contribution in [0.3, 0.4) is 0 Å². The number of rotatable bonds is 2. The Labute approximate surface area is 146 Å². The van der Waals surface area contributed by atoms with E-state index in [2.05, 4.69) is 31.0 Å². The Balaban J connectivity index is 1.54. The number of hydrogen-bond acceptors (Lipinski definition) is 3. The van der Waals surface area contributed by atoms with Gasteiger partial charge < -0.3 is 4.74 Å². The third-order valence-corrected chi connectivity index (χ3v) is 7.65. The molecule has 0 aromatic rings. The van der Waals surface area contributed by atoms with Gasteiger partial charge in [-0.3, -0.25) is 9.69 Å². The summed E-state index contributed by atoms with van der Waals surface area (Å²) >= 11 is 0. The number of allylic oxidation sites excluding steroid dienone is 1. The van der Waals surface area contributed by atoms with Crippen molar-refractivity contribution in [3.05, 3.63) is 12.2 Å². The van der Waals surface area contributed by atoms with E-state index in [0.717, 1.165) is 18.3 Å². The predicted molar refractivity (Wildman–Crippen MR) is 95.5 cm³/mol. The summed E-state index contributed by atoms with van der Waals surface area (Å²) in [5.41, 5.74) is 0. The molecule has 3 heteroatoms. The Morgan fingerprint density at radius 3 is 2.75 bits per heavy atom. The van der Waals surface area contributed by atoms with E-state index >= 15 is 0 Å². The second-order valence-corrected chi connectivity index (χ2v) is 8.82. The van der Waals surface area contributed by atoms with E-state index in [1.165, 1.54) is 44.9 Å². The maximum Gasteiger partial charge on any atom is 0.309 e. The first-order chi connectivity index (χ1) is 11.6. The summed E-state index contributed by atoms with van der Waals surface area (Å²) in [6, 6.07) is 1.26. The van der Waals surface area contributed by atoms with Gasteiger partial charge in [0.1, 0.15) is 0 Å². The second-order valence-electron chi connectivity index (χ2n) is 8.82. The molecule has 134 valence electrons. The van der Waals surface area contributed by atoms with Crippen LogP contribution in [0.1, 0.15) is 58.3 Å². The molecule has 7 atom stereocenters. The van der Waals surface area contributed by atoms with E-state index in [0.29, 0.717) is 30.5 Å². The third-order valence-electron chi connectivity index (χ3n) is 7.65. The highest BCUT2D eigenvalue weighted by Crippen LogP contribution is 2.51. The summed E-state index contributed by atoms with van der Waals surface area (Å²) in [6.07, 6.45) is 15.4. The zero-order valence-corrected chi connectivity index (χ0v) is 15.3. The molecule has 2 saturated heterocycles. The first-order valence-electron chi connectivity index (χ1n) is 10.2. The maximum atomic E-state index is 12.2. The molecule has 4 fully saturated rings. The number of esters is 1. The van der Waals surface area contributed by atoms with Gasteiger partial charge >= 0.3 is 5.97 Å². The molecule has 2 aliphatic heterocycles. The summed E-state index contributed by atoms with van der Waals surface area (Å²) in [5.74, 6) is 2.82. The highest BCUT2D eigenvalue weighted by atomic mass is 16.5. The summed E-state index contributed by atoms with van der Waals surface area (Å²) < 4.78 is 5.48. The van der Waals surface area contributed by atoms with Crippen LogP contribution >= 0.6 is 0 Å². The van der Waals surface area contributed by atoms with Crippen molar-refractivity contribution >= 4 is 5.97 Å². The van der Waals surface area contributed by atoms with Gasteiger partial charge in [0.05, 0.1) is 12.5 Å². The molecule has 0 aromatic carbocycles. The summed E-state index contributed by atoms with van der Waals surface area (Å²) in [4.78, 5) is 14.7. The maximum absolute atomic E-state index is 12.2. The van der Waals surface area contributed by atoms with E-state index in [4.69, 9.17) is 4.74 Å². The lowest BCUT2D eigenvalue weighted by atomic mass is 9.58. The van der Waals surface area contributed by atoms with Crippen molar-refractivity contribution in [1.29, 1.82) is 0 Å². The number of likely N-dealkylation sites (N-methyl/N-ethyl adjacent to an activating group) is 1. The SMILES string of the molecule is CC1CCCC(/C=C/C2C3CCCCC3CC3C(=O)OCC32)N1C. The lowest BCUT2D eigenvalue weighted by Crippen LogP contribution is -2.43. The number of fused-ring (bicyclic) bond motifs is 2. The van der Waals surface area contributed by atoms with Gasteiger partial charge in [0.25, 0.3) is 0 Å². The van der Waals surface area contributed by atoms with Crippen LogP contribution in [0.4, 0.5) is 0 Å². The fourth-order valence-corrected chi connectivity index (χ4v) is 6.04. The molecule has 2 saturated carbocycles. The van der Waals surface area contributed by atoms with Gasteiger partial charge in [-0.1, -0.05) is 37.8 Å². The van der Waals surface area contributed by atoms with Gasteiger partial charge in [-0.2, -0.15) is 0 Å². The van der Waals surface area contributed by atoms with Crippen molar-refractivity contribution in [3.8, 4) is 0 Å². The van der Waals surface area contributed by atoms with Crippen LogP contribution < -0.4 is 0 Å². The monoisotopic (exact) mass is 331 g/mol. The van der Waals surface area contributed by atoms with E-state index < -0.39 is 0 Å². The van der Waals surface area contributed by atoms with Gasteiger partial charge in [-0.05, 0) is 57.4 Å². The van der Waals surface area contributed by atoms with Crippen molar-refractivity contribution in [2.45, 2.75) is 70.4 Å². The van der Waals surface area contributed by atoms with E-state index in [-0.39, 0.29) is 11.9 Å². The van der Waals surface area contributed by atoms with Crippen molar-refractivity contribution in [2.75, 3.05) is 13.7 Å². The lowest BCUT2D eigenvalue weighted by molar-refractivity contribution is -0.142. The summed E-state index contributed by atoms with van der Waals surface area (Å²) in [6.45, 7) is 3.01. The van der Waals surface area contributed by atoms with Crippen molar-refractivity contribution < 1.29 is 9.53 Å². The number of hydrogen-bond donors (Lipinski definition) is 0. The normalized spacial score (nSPS) is 46.6. The number of likely N-dealkylation sites (tertiary alicyclic amines) is 1. The largest absolute Gasteiger partial charge is 0.465 e. The summed E-state index contributed by atoms with van der Waals surface area (Å²) in [7, 11) is 2.27. The predicted octanol–water partition coefficient (Wildman–Crippen LogP) is 4.03. The number of ether oxygens (including phenoxy) is 1. The molecule has 0 spiro atoms. The van der Waals surface area contributed by atoms with E-state index in [9.17, 15) is 4.79 Å². The van der Waals surface area contributed by atoms with Gasteiger partial charge in [0.2, 0.25) is 0 Å². The van der Waals surface area contributed by atoms with Crippen LogP contribution in [-0.4, -0.2) is 36.6 Å². The molecular weight excluding hydrogens is 298 g/mol. The average molecular weight is 332 g/mol. The Kier molecular flexibility index (Phi) is 4.73. The molecule has 0 bridgehead atoms. The molecule has 0 radical (unpaired) electrons. The molecule has 2 heterocycles. The number of cyclic esters (lactones) is 1. The van der Waals surface area contributed by atoms with Gasteiger partial charge in [-0.25, -0.2) is 0 Å². The molecule has 7 unspecified atom stereocenters. The second kappa shape index (κ2) is 6.82. The number of nitrogens with zero attached hydrogens (tertiary/aromatic N) is 1. The van der Waals surface area contributed by atoms with Crippen molar-refractivity contribution in [1.82, 2.24) is 4.90 Å². The fraction of sp³-hybridized carbons (Fsp3) is 0.857. The minimum absolute atomic E-state index is 0.0887. The van der Waals surface area contributed by atoms with Crippen LogP contribution in [0.15, 0.2) is 12.2 Å². The third kappa shape index (κ3) is 2.94. The Bertz CT molecular complexity index is 502. The molecule has 4 rings (SSSR count). The zero-order chi connectivity index (χ0) is 16.7. The number of piperidine rings is 1. The van der Waals surface area contributed by atoms with Gasteiger partial charge in [0, 0.05) is 18.0 Å². The Morgan fingerprint density at radius 2 is 1.88 bits per heavy atom. The molecular formula is C21H33NO2. The van der Waals surface area contributed by atoms with Crippen LogP contribution in [0, 0.1) is 29.6 Å². The first-order valence-corrected chi connectivity index (χ1v) is 10.2. The number of carbonyl (C=O) groups is 1. The topological polar surface area (TPSA) is 29.5 Å². The molecule has 3 nitrogen and oxygen atoms in total. The first kappa shape index (κ1) is 16.6. The average Bonchev–Trinajstić information content (AvgIpc) is 2.96. The van der Waals surface area contributed by atoms with Gasteiger partial charge in [0.15, 0.2) is 0 Å². The molecule has 24 heavy (non-hydrogen) atoms. The van der Waals surface area contributed by atoms with E-state index in [1.54, 1.807) is 0 Å². The highest BCUT2D eigenvalue weighted by Gasteiger charge is 2.50. The lowest BCUT2D eigenvalue weighted by Gasteiger charge is -2.45. The van der Waals surface area contributed by atoms with Crippen LogP contribution in [0.25, 0.3) is 0 Å². The van der Waals surface area contributed by atoms with Gasteiger partial charge in [-0.15, -0.1) is 0 Å². The number of carbonyl (C=O) groups excluding carboxylic acids is 1. The van der Waals surface area contributed by atoms with Crippen LogP contribution in [-0.2, 0) is 9.53 Å². The van der Waals surface area contributed by atoms with Crippen molar-refractivity contribution in [3.63, 3.8) is 0 Å². The molecule has 0 N–H and O–H groups in total. The molecule has 0 aromatic heterocycles. The smallest absolute Gasteiger partial charge is 0.309 e. The minimum Gasteiger partial charge on any atom is -0.465 e.